The highest BCUT2D eigenvalue weighted by Gasteiger charge is 2.28. The molecule has 1 N–H and O–H groups in total. The van der Waals surface area contributed by atoms with Gasteiger partial charge in [0.25, 0.3) is 0 Å². The minimum atomic E-state index is -0.225. The summed E-state index contributed by atoms with van der Waals surface area (Å²) in [7, 11) is 0. The van der Waals surface area contributed by atoms with Gasteiger partial charge < -0.3 is 0 Å². The van der Waals surface area contributed by atoms with Gasteiger partial charge in [0.1, 0.15) is 0 Å². The molecule has 1 heterocycles. The van der Waals surface area contributed by atoms with Crippen LogP contribution in [0.25, 0.3) is 0 Å². The number of hydrogen-bond donors (Lipinski definition) is 1. The number of benzene rings is 3. The van der Waals surface area contributed by atoms with Gasteiger partial charge in [-0.3, -0.25) is 4.72 Å². The summed E-state index contributed by atoms with van der Waals surface area (Å²) in [6.45, 7) is 0.553. The van der Waals surface area contributed by atoms with E-state index in [-0.39, 0.29) is 11.9 Å². The maximum atomic E-state index is 12.7. The summed E-state index contributed by atoms with van der Waals surface area (Å²) >= 11 is 7.36. The lowest BCUT2D eigenvalue weighted by molar-refractivity contribution is 0.202. The Morgan fingerprint density at radius 1 is 0.966 bits per heavy atom. The summed E-state index contributed by atoms with van der Waals surface area (Å²) in [4.78, 5) is 13.7. The van der Waals surface area contributed by atoms with Crippen molar-refractivity contribution in [2.24, 2.45) is 5.10 Å². The molecule has 2 amide bonds. The van der Waals surface area contributed by atoms with Gasteiger partial charge in [0, 0.05) is 22.4 Å². The Labute approximate surface area is 179 Å². The van der Waals surface area contributed by atoms with Gasteiger partial charge in [0.05, 0.1) is 5.71 Å². The Bertz CT molecular complexity index is 994. The van der Waals surface area contributed by atoms with Crippen molar-refractivity contribution >= 4 is 35.3 Å². The second-order valence-electron chi connectivity index (χ2n) is 6.69. The molecule has 4 nitrogen and oxygen atoms in total. The van der Waals surface area contributed by atoms with Crippen LogP contribution < -0.4 is 4.72 Å². The molecular formula is C23H20ClN3OS. The highest BCUT2D eigenvalue weighted by Crippen LogP contribution is 2.30. The van der Waals surface area contributed by atoms with Crippen LogP contribution in [0.15, 0.2) is 94.9 Å². The van der Waals surface area contributed by atoms with Gasteiger partial charge in [0.15, 0.2) is 0 Å². The molecule has 146 valence electrons. The zero-order valence-corrected chi connectivity index (χ0v) is 17.2. The van der Waals surface area contributed by atoms with Gasteiger partial charge in [-0.15, -0.1) is 0 Å². The number of hydrazone groups is 1. The second kappa shape index (κ2) is 9.16. The van der Waals surface area contributed by atoms with Crippen LogP contribution in [0.2, 0.25) is 5.02 Å². The van der Waals surface area contributed by atoms with Crippen LogP contribution in [0, 0.1) is 0 Å². The molecule has 1 unspecified atom stereocenters. The number of urea groups is 1. The van der Waals surface area contributed by atoms with Gasteiger partial charge in [0.2, 0.25) is 0 Å². The van der Waals surface area contributed by atoms with E-state index in [2.05, 4.69) is 16.9 Å². The van der Waals surface area contributed by atoms with Gasteiger partial charge in [-0.05, 0) is 53.8 Å². The molecule has 0 radical (unpaired) electrons. The van der Waals surface area contributed by atoms with Crippen LogP contribution in [0.5, 0.6) is 0 Å². The molecule has 1 aliphatic rings. The third-order valence-corrected chi connectivity index (χ3v) is 5.80. The number of hydrogen-bond acceptors (Lipinski definition) is 3. The van der Waals surface area contributed by atoms with Crippen molar-refractivity contribution < 1.29 is 4.79 Å². The van der Waals surface area contributed by atoms with Crippen LogP contribution in [0.1, 0.15) is 23.5 Å². The lowest BCUT2D eigenvalue weighted by atomic mass is 9.86. The van der Waals surface area contributed by atoms with E-state index in [1.807, 2.05) is 72.8 Å². The van der Waals surface area contributed by atoms with Crippen molar-refractivity contribution in [1.82, 2.24) is 9.73 Å². The third kappa shape index (κ3) is 4.81. The van der Waals surface area contributed by atoms with E-state index in [0.29, 0.717) is 11.6 Å². The van der Waals surface area contributed by atoms with Crippen LogP contribution in [-0.4, -0.2) is 23.3 Å². The summed E-state index contributed by atoms with van der Waals surface area (Å²) in [5.41, 5.74) is 3.04. The van der Waals surface area contributed by atoms with E-state index >= 15 is 0 Å². The average Bonchev–Trinajstić information content (AvgIpc) is 2.79. The molecule has 0 aliphatic carbocycles. The van der Waals surface area contributed by atoms with E-state index in [4.69, 9.17) is 16.7 Å². The molecule has 3 aromatic carbocycles. The first-order valence-corrected chi connectivity index (χ1v) is 10.6. The summed E-state index contributed by atoms with van der Waals surface area (Å²) in [5.74, 6) is 0.128. The van der Waals surface area contributed by atoms with Crippen LogP contribution in [-0.2, 0) is 0 Å². The first-order chi connectivity index (χ1) is 14.2. The fraction of sp³-hybridized carbons (Fsp3) is 0.130. The van der Waals surface area contributed by atoms with Crippen molar-refractivity contribution in [1.29, 1.82) is 0 Å². The fourth-order valence-electron chi connectivity index (χ4n) is 3.32. The smallest absolute Gasteiger partial charge is 0.276 e. The molecule has 6 heteroatoms. The molecule has 0 saturated carbocycles. The minimum absolute atomic E-state index is 0.128. The summed E-state index contributed by atoms with van der Waals surface area (Å²) < 4.78 is 2.88. The molecule has 1 aliphatic heterocycles. The van der Waals surface area contributed by atoms with Crippen LogP contribution in [0.4, 0.5) is 4.79 Å². The predicted molar refractivity (Wildman–Crippen MR) is 119 cm³/mol. The normalized spacial score (nSPS) is 16.2. The monoisotopic (exact) mass is 421 g/mol. The van der Waals surface area contributed by atoms with Crippen molar-refractivity contribution in [2.45, 2.75) is 17.2 Å². The maximum absolute atomic E-state index is 12.7. The summed E-state index contributed by atoms with van der Waals surface area (Å²) in [6, 6.07) is 27.4. The van der Waals surface area contributed by atoms with E-state index in [0.717, 1.165) is 22.6 Å². The Kier molecular flexibility index (Phi) is 6.17. The van der Waals surface area contributed by atoms with Gasteiger partial charge >= 0.3 is 6.03 Å². The first kappa shape index (κ1) is 19.6. The van der Waals surface area contributed by atoms with E-state index in [1.54, 1.807) is 0 Å². The Morgan fingerprint density at radius 3 is 2.31 bits per heavy atom. The number of carbonyl (C=O) groups is 1. The minimum Gasteiger partial charge on any atom is -0.276 e. The molecule has 0 fully saturated rings. The van der Waals surface area contributed by atoms with Crippen molar-refractivity contribution in [3.05, 3.63) is 101 Å². The Balaban J connectivity index is 1.58. The van der Waals surface area contributed by atoms with Crippen LogP contribution >= 0.6 is 23.5 Å². The molecule has 3 aromatic rings. The molecule has 0 spiro atoms. The molecule has 0 saturated heterocycles. The van der Waals surface area contributed by atoms with Crippen molar-refractivity contribution in [2.75, 3.05) is 6.54 Å². The van der Waals surface area contributed by atoms with E-state index < -0.39 is 0 Å². The molecule has 4 rings (SSSR count). The number of halogens is 1. The molecule has 0 aromatic heterocycles. The number of amides is 2. The summed E-state index contributed by atoms with van der Waals surface area (Å²) in [5, 5.41) is 6.92. The first-order valence-electron chi connectivity index (χ1n) is 9.39. The van der Waals surface area contributed by atoms with E-state index in [9.17, 15) is 4.79 Å². The topological polar surface area (TPSA) is 44.7 Å². The van der Waals surface area contributed by atoms with Crippen molar-refractivity contribution in [3.8, 4) is 0 Å². The SMILES string of the molecule is O=C(NSc1ccccc1)N1CCC(c2ccccc2)C(c2ccc(Cl)cc2)=N1. The van der Waals surface area contributed by atoms with Crippen LogP contribution in [0.3, 0.4) is 0 Å². The molecule has 1 atom stereocenters. The van der Waals surface area contributed by atoms with E-state index in [1.165, 1.54) is 22.5 Å². The standard InChI is InChI=1S/C23H20ClN3OS/c24-19-13-11-18(12-14-19)22-21(17-7-3-1-4-8-17)15-16-27(25-22)23(28)26-29-20-9-5-2-6-10-20/h1-14,21H,15-16H2,(H,26,28). The Morgan fingerprint density at radius 2 is 1.62 bits per heavy atom. The van der Waals surface area contributed by atoms with Crippen molar-refractivity contribution in [3.63, 3.8) is 0 Å². The quantitative estimate of drug-likeness (QED) is 0.529. The van der Waals surface area contributed by atoms with Gasteiger partial charge in [-0.2, -0.15) is 5.10 Å². The zero-order valence-electron chi connectivity index (χ0n) is 15.7. The zero-order chi connectivity index (χ0) is 20.1. The lowest BCUT2D eigenvalue weighted by Crippen LogP contribution is -2.39. The number of rotatable bonds is 4. The largest absolute Gasteiger partial charge is 0.348 e. The Hall–Kier alpha value is -2.76. The highest BCUT2D eigenvalue weighted by atomic mass is 35.5. The summed E-state index contributed by atoms with van der Waals surface area (Å²) in [6.07, 6.45) is 0.800. The van der Waals surface area contributed by atoms with Gasteiger partial charge in [-0.1, -0.05) is 72.3 Å². The molecule has 0 bridgehead atoms. The highest BCUT2D eigenvalue weighted by molar-refractivity contribution is 7.98. The fourth-order valence-corrected chi connectivity index (χ4v) is 4.05. The number of nitrogens with zero attached hydrogens (tertiary/aromatic N) is 2. The second-order valence-corrected chi connectivity index (χ2v) is 8.01. The molecular weight excluding hydrogens is 402 g/mol. The van der Waals surface area contributed by atoms with Gasteiger partial charge in [-0.25, -0.2) is 9.80 Å². The average molecular weight is 422 g/mol. The predicted octanol–water partition coefficient (Wildman–Crippen LogP) is 5.95. The molecule has 29 heavy (non-hydrogen) atoms. The maximum Gasteiger partial charge on any atom is 0.348 e. The number of carbonyl (C=O) groups excluding carboxylic acids is 1. The number of nitrogens with one attached hydrogen (secondary N) is 1. The lowest BCUT2D eigenvalue weighted by Gasteiger charge is -2.30. The third-order valence-electron chi connectivity index (χ3n) is 4.76.